The van der Waals surface area contributed by atoms with Gasteiger partial charge in [-0.2, -0.15) is 0 Å². The molecule has 1 aromatic rings. The highest BCUT2D eigenvalue weighted by molar-refractivity contribution is 5.24. The molecule has 0 aliphatic carbocycles. The Kier molecular flexibility index (Phi) is 3.36. The van der Waals surface area contributed by atoms with Crippen LogP contribution in [-0.2, 0) is 9.47 Å². The van der Waals surface area contributed by atoms with E-state index in [9.17, 15) is 0 Å². The molecule has 3 heteroatoms. The predicted octanol–water partition coefficient (Wildman–Crippen LogP) is 1.76. The zero-order chi connectivity index (χ0) is 10.7. The van der Waals surface area contributed by atoms with Crippen LogP contribution in [0, 0.1) is 6.92 Å². The molecule has 2 N–H and O–H groups in total. The molecule has 0 saturated carbocycles. The van der Waals surface area contributed by atoms with Crippen LogP contribution in [0.25, 0.3) is 0 Å². The first kappa shape index (κ1) is 10.6. The Bertz CT molecular complexity index is 327. The van der Waals surface area contributed by atoms with Gasteiger partial charge in [-0.05, 0) is 19.0 Å². The number of hydrogen-bond donors (Lipinski definition) is 1. The van der Waals surface area contributed by atoms with Crippen molar-refractivity contribution < 1.29 is 9.47 Å². The molecule has 2 unspecified atom stereocenters. The first-order valence-corrected chi connectivity index (χ1v) is 5.33. The molecule has 0 radical (unpaired) electrons. The van der Waals surface area contributed by atoms with E-state index in [1.807, 2.05) is 6.07 Å². The summed E-state index contributed by atoms with van der Waals surface area (Å²) in [6, 6.07) is 8.34. The molecular weight excluding hydrogens is 190 g/mol. The van der Waals surface area contributed by atoms with Crippen molar-refractivity contribution in [2.24, 2.45) is 5.73 Å². The molecule has 1 saturated heterocycles. The fourth-order valence-corrected chi connectivity index (χ4v) is 1.79. The Balaban J connectivity index is 2.01. The molecule has 1 aliphatic heterocycles. The second-order valence-corrected chi connectivity index (χ2v) is 3.88. The highest BCUT2D eigenvalue weighted by atomic mass is 16.7. The summed E-state index contributed by atoms with van der Waals surface area (Å²) in [4.78, 5) is 0. The molecule has 2 rings (SSSR count). The minimum absolute atomic E-state index is 0.0708. The van der Waals surface area contributed by atoms with Crippen molar-refractivity contribution in [2.45, 2.75) is 25.7 Å². The molecule has 82 valence electrons. The van der Waals surface area contributed by atoms with Crippen LogP contribution in [0.1, 0.15) is 23.7 Å². The van der Waals surface area contributed by atoms with E-state index in [2.05, 4.69) is 25.1 Å². The van der Waals surface area contributed by atoms with E-state index in [0.717, 1.165) is 6.42 Å². The van der Waals surface area contributed by atoms with E-state index in [-0.39, 0.29) is 12.4 Å². The number of benzene rings is 1. The number of nitrogens with two attached hydrogens (primary N) is 1. The van der Waals surface area contributed by atoms with E-state index in [4.69, 9.17) is 15.2 Å². The van der Waals surface area contributed by atoms with E-state index < -0.39 is 0 Å². The van der Waals surface area contributed by atoms with Crippen molar-refractivity contribution in [3.63, 3.8) is 0 Å². The fraction of sp³-hybridized carbons (Fsp3) is 0.500. The molecule has 1 heterocycles. The Morgan fingerprint density at radius 1 is 1.47 bits per heavy atom. The molecule has 15 heavy (non-hydrogen) atoms. The smallest absolute Gasteiger partial charge is 0.159 e. The van der Waals surface area contributed by atoms with Crippen LogP contribution >= 0.6 is 0 Å². The highest BCUT2D eigenvalue weighted by Crippen LogP contribution is 2.27. The standard InChI is InChI=1S/C12H17NO2/c1-9-3-2-4-10(7-9)11-8-14-12(15-11)5-6-13/h2-4,7,11-12H,5-6,8,13H2,1H3. The topological polar surface area (TPSA) is 44.5 Å². The van der Waals surface area contributed by atoms with Crippen LogP contribution in [0.4, 0.5) is 0 Å². The molecule has 1 fully saturated rings. The van der Waals surface area contributed by atoms with Crippen molar-refractivity contribution in [3.05, 3.63) is 35.4 Å². The van der Waals surface area contributed by atoms with Crippen LogP contribution in [0.3, 0.4) is 0 Å². The van der Waals surface area contributed by atoms with Gasteiger partial charge >= 0.3 is 0 Å². The number of aryl methyl sites for hydroxylation is 1. The minimum atomic E-state index is -0.125. The lowest BCUT2D eigenvalue weighted by atomic mass is 10.1. The molecule has 0 spiro atoms. The summed E-state index contributed by atoms with van der Waals surface area (Å²) in [5.74, 6) is 0. The van der Waals surface area contributed by atoms with Crippen molar-refractivity contribution in [1.29, 1.82) is 0 Å². The first-order chi connectivity index (χ1) is 7.29. The number of ether oxygens (including phenoxy) is 2. The lowest BCUT2D eigenvalue weighted by molar-refractivity contribution is -0.0606. The third kappa shape index (κ3) is 2.56. The van der Waals surface area contributed by atoms with E-state index in [1.54, 1.807) is 0 Å². The van der Waals surface area contributed by atoms with Gasteiger partial charge in [0.25, 0.3) is 0 Å². The van der Waals surface area contributed by atoms with Gasteiger partial charge in [0, 0.05) is 6.42 Å². The summed E-state index contributed by atoms with van der Waals surface area (Å²) in [6.07, 6.45) is 0.712. The summed E-state index contributed by atoms with van der Waals surface area (Å²) in [5.41, 5.74) is 7.89. The SMILES string of the molecule is Cc1cccc(C2COC(CCN)O2)c1. The monoisotopic (exact) mass is 207 g/mol. The summed E-state index contributed by atoms with van der Waals surface area (Å²) >= 11 is 0. The zero-order valence-electron chi connectivity index (χ0n) is 8.98. The largest absolute Gasteiger partial charge is 0.350 e. The summed E-state index contributed by atoms with van der Waals surface area (Å²) in [5, 5.41) is 0. The van der Waals surface area contributed by atoms with Gasteiger partial charge < -0.3 is 15.2 Å². The minimum Gasteiger partial charge on any atom is -0.350 e. The van der Waals surface area contributed by atoms with Crippen LogP contribution in [-0.4, -0.2) is 19.4 Å². The Labute approximate surface area is 90.2 Å². The van der Waals surface area contributed by atoms with Crippen LogP contribution in [0.2, 0.25) is 0 Å². The maximum absolute atomic E-state index is 5.74. The third-order valence-electron chi connectivity index (χ3n) is 2.57. The molecule has 0 bridgehead atoms. The molecule has 3 nitrogen and oxygen atoms in total. The summed E-state index contributed by atoms with van der Waals surface area (Å²) in [7, 11) is 0. The van der Waals surface area contributed by atoms with Gasteiger partial charge in [0.15, 0.2) is 6.29 Å². The second-order valence-electron chi connectivity index (χ2n) is 3.88. The van der Waals surface area contributed by atoms with Crippen molar-refractivity contribution >= 4 is 0 Å². The van der Waals surface area contributed by atoms with Crippen molar-refractivity contribution in [2.75, 3.05) is 13.2 Å². The molecule has 0 amide bonds. The van der Waals surface area contributed by atoms with E-state index in [0.29, 0.717) is 13.2 Å². The van der Waals surface area contributed by atoms with Gasteiger partial charge in [0.05, 0.1) is 6.61 Å². The molecule has 0 aromatic heterocycles. The van der Waals surface area contributed by atoms with E-state index in [1.165, 1.54) is 11.1 Å². The molecule has 1 aromatic carbocycles. The lowest BCUT2D eigenvalue weighted by Gasteiger charge is -2.11. The van der Waals surface area contributed by atoms with Gasteiger partial charge in [0.2, 0.25) is 0 Å². The van der Waals surface area contributed by atoms with Crippen LogP contribution in [0.15, 0.2) is 24.3 Å². The maximum Gasteiger partial charge on any atom is 0.159 e. The Hall–Kier alpha value is -0.900. The average Bonchev–Trinajstić information content (AvgIpc) is 2.67. The quantitative estimate of drug-likeness (QED) is 0.821. The van der Waals surface area contributed by atoms with E-state index >= 15 is 0 Å². The summed E-state index contributed by atoms with van der Waals surface area (Å²) < 4.78 is 11.2. The second kappa shape index (κ2) is 4.75. The highest BCUT2D eigenvalue weighted by Gasteiger charge is 2.26. The van der Waals surface area contributed by atoms with Gasteiger partial charge in [-0.25, -0.2) is 0 Å². The Morgan fingerprint density at radius 2 is 2.33 bits per heavy atom. The van der Waals surface area contributed by atoms with Crippen LogP contribution in [0.5, 0.6) is 0 Å². The first-order valence-electron chi connectivity index (χ1n) is 5.33. The van der Waals surface area contributed by atoms with Gasteiger partial charge in [-0.15, -0.1) is 0 Å². The maximum atomic E-state index is 5.74. The number of rotatable bonds is 3. The normalized spacial score (nSPS) is 25.7. The Morgan fingerprint density at radius 3 is 3.07 bits per heavy atom. The fourth-order valence-electron chi connectivity index (χ4n) is 1.79. The molecule has 2 atom stereocenters. The predicted molar refractivity (Wildman–Crippen MR) is 58.4 cm³/mol. The van der Waals surface area contributed by atoms with Crippen molar-refractivity contribution in [1.82, 2.24) is 0 Å². The average molecular weight is 207 g/mol. The number of hydrogen-bond acceptors (Lipinski definition) is 3. The third-order valence-corrected chi connectivity index (χ3v) is 2.57. The lowest BCUT2D eigenvalue weighted by Crippen LogP contribution is -2.14. The molecular formula is C12H17NO2. The van der Waals surface area contributed by atoms with Gasteiger partial charge in [-0.1, -0.05) is 29.8 Å². The molecule has 1 aliphatic rings. The zero-order valence-corrected chi connectivity index (χ0v) is 8.98. The van der Waals surface area contributed by atoms with Gasteiger partial charge in [-0.3, -0.25) is 0 Å². The summed E-state index contributed by atoms with van der Waals surface area (Å²) in [6.45, 7) is 3.32. The van der Waals surface area contributed by atoms with Crippen LogP contribution < -0.4 is 5.73 Å². The van der Waals surface area contributed by atoms with Gasteiger partial charge in [0.1, 0.15) is 6.10 Å². The van der Waals surface area contributed by atoms with Crippen molar-refractivity contribution in [3.8, 4) is 0 Å².